The molecule has 0 aliphatic heterocycles. The molecule has 1 atom stereocenters. The lowest BCUT2D eigenvalue weighted by molar-refractivity contribution is -0.141. The highest BCUT2D eigenvalue weighted by Gasteiger charge is 2.33. The molecule has 0 radical (unpaired) electrons. The Morgan fingerprint density at radius 3 is 2.54 bits per heavy atom. The number of hydrogen-bond donors (Lipinski definition) is 2. The lowest BCUT2D eigenvalue weighted by Crippen LogP contribution is -2.52. The van der Waals surface area contributed by atoms with Gasteiger partial charge in [0.2, 0.25) is 0 Å². The van der Waals surface area contributed by atoms with Crippen molar-refractivity contribution in [3.8, 4) is 5.69 Å². The Balaban J connectivity index is 2.23. The number of nitrogens with two attached hydrogens (primary N) is 1. The summed E-state index contributed by atoms with van der Waals surface area (Å²) in [4.78, 5) is 12.6. The van der Waals surface area contributed by atoms with Crippen LogP contribution in [0, 0.1) is 5.92 Å². The molecule has 0 spiro atoms. The highest BCUT2D eigenvalue weighted by atomic mass is 19.4. The summed E-state index contributed by atoms with van der Waals surface area (Å²) in [5.41, 5.74) is 4.96. The smallest absolute Gasteiger partial charge is 0.346 e. The molecule has 142 valence electrons. The number of nitrogens with zero attached hydrogens (tertiary/aromatic N) is 2. The van der Waals surface area contributed by atoms with Gasteiger partial charge in [-0.3, -0.25) is 4.79 Å². The topological polar surface area (TPSA) is 72.9 Å². The van der Waals surface area contributed by atoms with E-state index in [4.69, 9.17) is 5.73 Å². The van der Waals surface area contributed by atoms with E-state index in [9.17, 15) is 18.0 Å². The summed E-state index contributed by atoms with van der Waals surface area (Å²) < 4.78 is 39.2. The number of carbonyl (C=O) groups excluding carboxylic acids is 1. The van der Waals surface area contributed by atoms with Crippen LogP contribution in [-0.4, -0.2) is 27.8 Å². The SMILES string of the molecule is CC(C)CC(C)(CN)NC(=O)c1cccc(-n2ccc(C(F)(F)F)n2)c1. The minimum absolute atomic E-state index is 0.282. The van der Waals surface area contributed by atoms with E-state index in [1.807, 2.05) is 20.8 Å². The standard InChI is InChI=1S/C18H23F3N4O/c1-12(2)10-17(3,11-22)23-16(26)13-5-4-6-14(9-13)25-8-7-15(24-25)18(19,20)21/h4-9,12H,10-11,22H2,1-3H3,(H,23,26). The number of rotatable bonds is 6. The van der Waals surface area contributed by atoms with Crippen molar-refractivity contribution < 1.29 is 18.0 Å². The van der Waals surface area contributed by atoms with Crippen molar-refractivity contribution in [3.05, 3.63) is 47.8 Å². The van der Waals surface area contributed by atoms with Crippen LogP contribution in [0.2, 0.25) is 0 Å². The van der Waals surface area contributed by atoms with Gasteiger partial charge in [-0.25, -0.2) is 4.68 Å². The molecular weight excluding hydrogens is 345 g/mol. The Morgan fingerprint density at radius 1 is 1.31 bits per heavy atom. The van der Waals surface area contributed by atoms with Crippen LogP contribution in [0.3, 0.4) is 0 Å². The monoisotopic (exact) mass is 368 g/mol. The number of alkyl halides is 3. The second kappa shape index (κ2) is 7.49. The lowest BCUT2D eigenvalue weighted by atomic mass is 9.90. The molecule has 1 unspecified atom stereocenters. The van der Waals surface area contributed by atoms with Crippen molar-refractivity contribution in [2.75, 3.05) is 6.54 Å². The van der Waals surface area contributed by atoms with E-state index in [0.29, 0.717) is 23.6 Å². The van der Waals surface area contributed by atoms with Gasteiger partial charge >= 0.3 is 6.18 Å². The predicted molar refractivity (Wildman–Crippen MR) is 92.9 cm³/mol. The van der Waals surface area contributed by atoms with Crippen LogP contribution in [0.4, 0.5) is 13.2 Å². The highest BCUT2D eigenvalue weighted by molar-refractivity contribution is 5.95. The van der Waals surface area contributed by atoms with E-state index in [1.54, 1.807) is 18.2 Å². The van der Waals surface area contributed by atoms with E-state index in [1.165, 1.54) is 12.3 Å². The fourth-order valence-corrected chi connectivity index (χ4v) is 2.84. The number of nitrogens with one attached hydrogen (secondary N) is 1. The summed E-state index contributed by atoms with van der Waals surface area (Å²) in [5.74, 6) is 0.0173. The molecule has 2 rings (SSSR count). The Bertz CT molecular complexity index is 770. The number of hydrogen-bond acceptors (Lipinski definition) is 3. The number of aromatic nitrogens is 2. The normalized spacial score (nSPS) is 14.3. The zero-order chi connectivity index (χ0) is 19.5. The van der Waals surface area contributed by atoms with Crippen LogP contribution in [0.15, 0.2) is 36.5 Å². The molecule has 1 heterocycles. The van der Waals surface area contributed by atoms with Crippen molar-refractivity contribution in [1.29, 1.82) is 0 Å². The Morgan fingerprint density at radius 2 is 2.00 bits per heavy atom. The molecule has 1 aromatic heterocycles. The van der Waals surface area contributed by atoms with Gasteiger partial charge in [-0.05, 0) is 43.5 Å². The van der Waals surface area contributed by atoms with Crippen LogP contribution in [-0.2, 0) is 6.18 Å². The summed E-state index contributed by atoms with van der Waals surface area (Å²) in [6.45, 7) is 6.23. The summed E-state index contributed by atoms with van der Waals surface area (Å²) in [7, 11) is 0. The maximum atomic E-state index is 12.7. The first kappa shape index (κ1) is 20.0. The van der Waals surface area contributed by atoms with Crippen molar-refractivity contribution >= 4 is 5.91 Å². The van der Waals surface area contributed by atoms with Crippen LogP contribution in [0.25, 0.3) is 5.69 Å². The van der Waals surface area contributed by atoms with Gasteiger partial charge in [0, 0.05) is 23.8 Å². The van der Waals surface area contributed by atoms with Crippen molar-refractivity contribution in [2.24, 2.45) is 11.7 Å². The predicted octanol–water partition coefficient (Wildman–Crippen LogP) is 3.38. The molecule has 2 aromatic rings. The molecule has 26 heavy (non-hydrogen) atoms. The van der Waals surface area contributed by atoms with Gasteiger partial charge < -0.3 is 11.1 Å². The van der Waals surface area contributed by atoms with E-state index in [0.717, 1.165) is 10.7 Å². The van der Waals surface area contributed by atoms with Crippen molar-refractivity contribution in [2.45, 2.75) is 38.9 Å². The molecule has 5 nitrogen and oxygen atoms in total. The Labute approximate surface area is 150 Å². The quantitative estimate of drug-likeness (QED) is 0.821. The molecular formula is C18H23F3N4O. The molecule has 0 fully saturated rings. The lowest BCUT2D eigenvalue weighted by Gasteiger charge is -2.31. The molecule has 3 N–H and O–H groups in total. The van der Waals surface area contributed by atoms with Gasteiger partial charge in [0.25, 0.3) is 5.91 Å². The second-order valence-electron chi connectivity index (χ2n) is 7.01. The third-order valence-corrected chi connectivity index (χ3v) is 3.98. The number of carbonyl (C=O) groups is 1. The molecule has 0 bridgehead atoms. The average molecular weight is 368 g/mol. The zero-order valence-corrected chi connectivity index (χ0v) is 15.0. The van der Waals surface area contributed by atoms with E-state index >= 15 is 0 Å². The number of benzene rings is 1. The fourth-order valence-electron chi connectivity index (χ4n) is 2.84. The average Bonchev–Trinajstić information content (AvgIpc) is 3.04. The Kier molecular flexibility index (Phi) is 5.75. The van der Waals surface area contributed by atoms with Crippen molar-refractivity contribution in [1.82, 2.24) is 15.1 Å². The molecule has 0 saturated carbocycles. The van der Waals surface area contributed by atoms with Gasteiger partial charge in [-0.2, -0.15) is 18.3 Å². The van der Waals surface area contributed by atoms with Gasteiger partial charge in [-0.15, -0.1) is 0 Å². The van der Waals surface area contributed by atoms with Crippen LogP contribution < -0.4 is 11.1 Å². The minimum Gasteiger partial charge on any atom is -0.346 e. The van der Waals surface area contributed by atoms with Crippen LogP contribution >= 0.6 is 0 Å². The highest BCUT2D eigenvalue weighted by Crippen LogP contribution is 2.28. The molecule has 1 aromatic carbocycles. The maximum absolute atomic E-state index is 12.7. The van der Waals surface area contributed by atoms with Crippen LogP contribution in [0.5, 0.6) is 0 Å². The van der Waals surface area contributed by atoms with E-state index < -0.39 is 17.4 Å². The van der Waals surface area contributed by atoms with Gasteiger partial charge in [0.15, 0.2) is 5.69 Å². The molecule has 1 amide bonds. The first-order chi connectivity index (χ1) is 12.0. The Hall–Kier alpha value is -2.35. The number of amides is 1. The molecule has 8 heteroatoms. The fraction of sp³-hybridized carbons (Fsp3) is 0.444. The largest absolute Gasteiger partial charge is 0.435 e. The second-order valence-corrected chi connectivity index (χ2v) is 7.01. The van der Waals surface area contributed by atoms with Gasteiger partial charge in [-0.1, -0.05) is 19.9 Å². The summed E-state index contributed by atoms with van der Waals surface area (Å²) in [6, 6.07) is 7.16. The first-order valence-corrected chi connectivity index (χ1v) is 8.30. The third-order valence-electron chi connectivity index (χ3n) is 3.98. The first-order valence-electron chi connectivity index (χ1n) is 8.30. The van der Waals surface area contributed by atoms with Gasteiger partial charge in [0.1, 0.15) is 0 Å². The van der Waals surface area contributed by atoms with Crippen molar-refractivity contribution in [3.63, 3.8) is 0 Å². The van der Waals surface area contributed by atoms with Gasteiger partial charge in [0.05, 0.1) is 5.69 Å². The zero-order valence-electron chi connectivity index (χ0n) is 15.0. The minimum atomic E-state index is -4.51. The maximum Gasteiger partial charge on any atom is 0.435 e. The number of halogens is 3. The summed E-state index contributed by atoms with van der Waals surface area (Å²) in [6.07, 6.45) is -2.59. The summed E-state index contributed by atoms with van der Waals surface area (Å²) in [5, 5.41) is 6.45. The molecule has 0 aliphatic carbocycles. The van der Waals surface area contributed by atoms with E-state index in [2.05, 4.69) is 10.4 Å². The molecule has 0 saturated heterocycles. The van der Waals surface area contributed by atoms with E-state index in [-0.39, 0.29) is 12.5 Å². The summed E-state index contributed by atoms with van der Waals surface area (Å²) >= 11 is 0. The van der Waals surface area contributed by atoms with Crippen LogP contribution in [0.1, 0.15) is 43.2 Å². The third kappa shape index (κ3) is 4.85. The molecule has 0 aliphatic rings.